The van der Waals surface area contributed by atoms with Crippen molar-refractivity contribution in [1.29, 1.82) is 0 Å². The van der Waals surface area contributed by atoms with E-state index in [0.29, 0.717) is 4.90 Å². The third kappa shape index (κ3) is 3.50. The second kappa shape index (κ2) is 7.59. The lowest BCUT2D eigenvalue weighted by Crippen LogP contribution is -2.51. The van der Waals surface area contributed by atoms with E-state index in [1.165, 1.54) is 12.1 Å². The predicted octanol–water partition coefficient (Wildman–Crippen LogP) is 3.76. The van der Waals surface area contributed by atoms with Gasteiger partial charge in [-0.2, -0.15) is 0 Å². The van der Waals surface area contributed by atoms with Gasteiger partial charge in [0.15, 0.2) is 17.4 Å². The predicted molar refractivity (Wildman–Crippen MR) is 99.9 cm³/mol. The van der Waals surface area contributed by atoms with Crippen LogP contribution in [0.1, 0.15) is 24.4 Å². The minimum absolute atomic E-state index is 0.0315. The van der Waals surface area contributed by atoms with Crippen LogP contribution in [0.4, 0.5) is 24.1 Å². The van der Waals surface area contributed by atoms with Gasteiger partial charge in [0.05, 0.1) is 4.92 Å². The van der Waals surface area contributed by atoms with Crippen LogP contribution in [-0.2, 0) is 4.79 Å². The standard InChI is InChI=1S/C20H13F2N3O6/c21-11-6-5-10(9-12(11)22)18-17-13(7-8-15(17)26)23-19(27)24(18)20(28)31-16-4-2-1-3-14(16)25(29)30/h1-6,9,18H,7-8H2,(H,23,27). The maximum Gasteiger partial charge on any atom is 0.424 e. The number of para-hydroxylation sites is 2. The molecule has 0 radical (unpaired) electrons. The summed E-state index contributed by atoms with van der Waals surface area (Å²) in [5.41, 5.74) is -0.227. The fourth-order valence-corrected chi connectivity index (χ4v) is 3.58. The molecule has 1 atom stereocenters. The van der Waals surface area contributed by atoms with Crippen molar-refractivity contribution in [2.24, 2.45) is 0 Å². The van der Waals surface area contributed by atoms with Crippen LogP contribution in [0.3, 0.4) is 0 Å². The van der Waals surface area contributed by atoms with Gasteiger partial charge >= 0.3 is 17.8 Å². The first-order chi connectivity index (χ1) is 14.8. The summed E-state index contributed by atoms with van der Waals surface area (Å²) >= 11 is 0. The zero-order valence-corrected chi connectivity index (χ0v) is 15.6. The zero-order valence-electron chi connectivity index (χ0n) is 15.6. The molecule has 0 fully saturated rings. The number of urea groups is 1. The number of Topliss-reactive ketones (excluding diaryl/α,β-unsaturated/α-hetero) is 1. The van der Waals surface area contributed by atoms with Gasteiger partial charge in [0, 0.05) is 23.8 Å². The first-order valence-corrected chi connectivity index (χ1v) is 9.04. The number of imide groups is 1. The van der Waals surface area contributed by atoms with Crippen molar-refractivity contribution in [2.45, 2.75) is 18.9 Å². The van der Waals surface area contributed by atoms with E-state index in [-0.39, 0.29) is 35.5 Å². The molecule has 4 rings (SSSR count). The molecule has 0 bridgehead atoms. The molecule has 1 heterocycles. The summed E-state index contributed by atoms with van der Waals surface area (Å²) in [6.45, 7) is 0. The number of halogens is 2. The molecule has 0 aromatic heterocycles. The molecule has 2 aliphatic rings. The molecule has 3 amide bonds. The maximum atomic E-state index is 13.9. The summed E-state index contributed by atoms with van der Waals surface area (Å²) in [7, 11) is 0. The van der Waals surface area contributed by atoms with Crippen molar-refractivity contribution in [2.75, 3.05) is 0 Å². The second-order valence-electron chi connectivity index (χ2n) is 6.78. The highest BCUT2D eigenvalue weighted by Crippen LogP contribution is 2.40. The fourth-order valence-electron chi connectivity index (χ4n) is 3.58. The number of rotatable bonds is 3. The number of nitrogens with one attached hydrogen (secondary N) is 1. The van der Waals surface area contributed by atoms with Crippen molar-refractivity contribution in [3.05, 3.63) is 81.0 Å². The number of hydrogen-bond donors (Lipinski definition) is 1. The number of hydrogen-bond acceptors (Lipinski definition) is 6. The number of ether oxygens (including phenoxy) is 1. The van der Waals surface area contributed by atoms with E-state index in [0.717, 1.165) is 30.3 Å². The van der Waals surface area contributed by atoms with Crippen LogP contribution in [0.2, 0.25) is 0 Å². The quantitative estimate of drug-likeness (QED) is 0.586. The van der Waals surface area contributed by atoms with Gasteiger partial charge in [-0.15, -0.1) is 0 Å². The van der Waals surface area contributed by atoms with E-state index < -0.39 is 46.2 Å². The molecule has 2 aromatic carbocycles. The Hall–Kier alpha value is -4.15. The first-order valence-electron chi connectivity index (χ1n) is 9.04. The Morgan fingerprint density at radius 3 is 2.58 bits per heavy atom. The Morgan fingerprint density at radius 1 is 1.13 bits per heavy atom. The van der Waals surface area contributed by atoms with Gasteiger partial charge in [0.1, 0.15) is 6.04 Å². The summed E-state index contributed by atoms with van der Waals surface area (Å²) < 4.78 is 32.4. The zero-order chi connectivity index (χ0) is 22.3. The highest BCUT2D eigenvalue weighted by molar-refractivity contribution is 6.05. The molecule has 1 unspecified atom stereocenters. The number of allylic oxidation sites excluding steroid dienone is 1. The van der Waals surface area contributed by atoms with E-state index in [2.05, 4.69) is 5.32 Å². The van der Waals surface area contributed by atoms with Crippen LogP contribution in [0.5, 0.6) is 5.75 Å². The first kappa shape index (κ1) is 20.1. The van der Waals surface area contributed by atoms with Crippen molar-refractivity contribution in [3.8, 4) is 5.75 Å². The molecule has 158 valence electrons. The third-order valence-corrected chi connectivity index (χ3v) is 4.95. The van der Waals surface area contributed by atoms with Crippen LogP contribution in [0.15, 0.2) is 53.7 Å². The Kier molecular flexibility index (Phi) is 4.93. The average molecular weight is 429 g/mol. The van der Waals surface area contributed by atoms with Crippen LogP contribution < -0.4 is 10.1 Å². The smallest absolute Gasteiger partial charge is 0.402 e. The van der Waals surface area contributed by atoms with Gasteiger partial charge in [-0.3, -0.25) is 14.9 Å². The molecule has 1 aliphatic heterocycles. The summed E-state index contributed by atoms with van der Waals surface area (Å²) in [5, 5.41) is 13.6. The van der Waals surface area contributed by atoms with Crippen LogP contribution in [0, 0.1) is 21.7 Å². The number of benzene rings is 2. The van der Waals surface area contributed by atoms with Crippen molar-refractivity contribution < 1.29 is 32.8 Å². The minimum atomic E-state index is -1.39. The van der Waals surface area contributed by atoms with Crippen LogP contribution >= 0.6 is 0 Å². The highest BCUT2D eigenvalue weighted by atomic mass is 19.2. The Bertz CT molecular complexity index is 1180. The van der Waals surface area contributed by atoms with E-state index >= 15 is 0 Å². The molecular formula is C20H13F2N3O6. The lowest BCUT2D eigenvalue weighted by molar-refractivity contribution is -0.385. The van der Waals surface area contributed by atoms with Gasteiger partial charge in [-0.25, -0.2) is 23.3 Å². The normalized spacial score (nSPS) is 18.0. The number of nitrogens with zero attached hydrogens (tertiary/aromatic N) is 2. The summed E-state index contributed by atoms with van der Waals surface area (Å²) in [6, 6.07) is 5.39. The minimum Gasteiger partial charge on any atom is -0.402 e. The number of carbonyl (C=O) groups is 3. The monoisotopic (exact) mass is 429 g/mol. The number of nitro benzene ring substituents is 1. The maximum absolute atomic E-state index is 13.9. The Morgan fingerprint density at radius 2 is 1.87 bits per heavy atom. The molecule has 9 nitrogen and oxygen atoms in total. The largest absolute Gasteiger partial charge is 0.424 e. The number of carbonyl (C=O) groups excluding carboxylic acids is 3. The van der Waals surface area contributed by atoms with Gasteiger partial charge in [0.25, 0.3) is 0 Å². The average Bonchev–Trinajstić information content (AvgIpc) is 3.09. The molecule has 2 aromatic rings. The molecule has 1 N–H and O–H groups in total. The fraction of sp³-hybridized carbons (Fsp3) is 0.150. The number of amides is 3. The van der Waals surface area contributed by atoms with Gasteiger partial charge in [0.2, 0.25) is 5.75 Å². The molecule has 0 saturated carbocycles. The van der Waals surface area contributed by atoms with Gasteiger partial charge in [-0.1, -0.05) is 18.2 Å². The van der Waals surface area contributed by atoms with Gasteiger partial charge in [-0.05, 0) is 30.2 Å². The number of ketones is 1. The molecule has 31 heavy (non-hydrogen) atoms. The van der Waals surface area contributed by atoms with Crippen LogP contribution in [-0.4, -0.2) is 27.7 Å². The summed E-state index contributed by atoms with van der Waals surface area (Å²) in [4.78, 5) is 49.0. The SMILES string of the molecule is O=C1CCC2=C1C(c1ccc(F)c(F)c1)N(C(=O)Oc1ccccc1[N+](=O)[O-])C(=O)N2. The number of nitro groups is 1. The molecular weight excluding hydrogens is 416 g/mol. The highest BCUT2D eigenvalue weighted by Gasteiger charge is 2.45. The van der Waals surface area contributed by atoms with Crippen molar-refractivity contribution in [3.63, 3.8) is 0 Å². The topological polar surface area (TPSA) is 119 Å². The lowest BCUT2D eigenvalue weighted by Gasteiger charge is -2.34. The third-order valence-electron chi connectivity index (χ3n) is 4.95. The second-order valence-corrected chi connectivity index (χ2v) is 6.78. The summed E-state index contributed by atoms with van der Waals surface area (Å²) in [6.07, 6.45) is -1.04. The Balaban J connectivity index is 1.78. The summed E-state index contributed by atoms with van der Waals surface area (Å²) in [5.74, 6) is -3.19. The van der Waals surface area contributed by atoms with E-state index in [9.17, 15) is 33.3 Å². The van der Waals surface area contributed by atoms with E-state index in [1.54, 1.807) is 0 Å². The van der Waals surface area contributed by atoms with Crippen molar-refractivity contribution >= 4 is 23.6 Å². The van der Waals surface area contributed by atoms with Crippen LogP contribution in [0.25, 0.3) is 0 Å². The van der Waals surface area contributed by atoms with E-state index in [1.807, 2.05) is 0 Å². The van der Waals surface area contributed by atoms with E-state index in [4.69, 9.17) is 4.74 Å². The van der Waals surface area contributed by atoms with Crippen molar-refractivity contribution in [1.82, 2.24) is 10.2 Å². The Labute approximate surface area is 173 Å². The molecule has 0 saturated heterocycles. The lowest BCUT2D eigenvalue weighted by atomic mass is 9.94. The molecule has 1 aliphatic carbocycles. The molecule has 11 heteroatoms. The van der Waals surface area contributed by atoms with Gasteiger partial charge < -0.3 is 10.1 Å². The molecule has 0 spiro atoms.